The summed E-state index contributed by atoms with van der Waals surface area (Å²) in [4.78, 5) is 10.1. The SMILES string of the molecule is c1ccc(-c2cc(-c3ccccc3)nc(-c3ccc(-c4cc5ccccc5cc4-c4ccc(-c5ccc6c(c5)-c5cccc7cccc-6c57)cc4)cc3)n2)cc1. The fourth-order valence-corrected chi connectivity index (χ4v) is 8.42. The minimum atomic E-state index is 0.707. The summed E-state index contributed by atoms with van der Waals surface area (Å²) >= 11 is 0. The van der Waals surface area contributed by atoms with Crippen LogP contribution in [-0.4, -0.2) is 9.97 Å². The van der Waals surface area contributed by atoms with Crippen molar-refractivity contribution in [2.45, 2.75) is 0 Å². The zero-order chi connectivity index (χ0) is 37.0. The van der Waals surface area contributed by atoms with Crippen LogP contribution < -0.4 is 0 Å². The Morgan fingerprint density at radius 3 is 1.27 bits per heavy atom. The normalized spacial score (nSPS) is 11.6. The Morgan fingerprint density at radius 2 is 0.696 bits per heavy atom. The van der Waals surface area contributed by atoms with Crippen molar-refractivity contribution in [2.24, 2.45) is 0 Å². The van der Waals surface area contributed by atoms with E-state index in [4.69, 9.17) is 9.97 Å². The number of benzene rings is 9. The van der Waals surface area contributed by atoms with Gasteiger partial charge in [0.1, 0.15) is 0 Å². The van der Waals surface area contributed by atoms with Gasteiger partial charge in [0.2, 0.25) is 0 Å². The molecule has 0 bridgehead atoms. The summed E-state index contributed by atoms with van der Waals surface area (Å²) in [6, 6.07) is 74.0. The first-order chi connectivity index (χ1) is 27.7. The van der Waals surface area contributed by atoms with Gasteiger partial charge in [0.15, 0.2) is 5.82 Å². The lowest BCUT2D eigenvalue weighted by molar-refractivity contribution is 1.18. The summed E-state index contributed by atoms with van der Waals surface area (Å²) in [6.07, 6.45) is 0. The second-order valence-corrected chi connectivity index (χ2v) is 14.6. The Hall–Kier alpha value is -7.42. The average molecular weight is 711 g/mol. The van der Waals surface area contributed by atoms with Gasteiger partial charge in [-0.2, -0.15) is 0 Å². The maximum absolute atomic E-state index is 5.07. The number of aromatic nitrogens is 2. The van der Waals surface area contributed by atoms with Crippen LogP contribution in [0.4, 0.5) is 0 Å². The number of hydrogen-bond donors (Lipinski definition) is 0. The molecule has 1 aromatic heterocycles. The first kappa shape index (κ1) is 32.0. The summed E-state index contributed by atoms with van der Waals surface area (Å²) in [6.45, 7) is 0. The van der Waals surface area contributed by atoms with Crippen molar-refractivity contribution in [1.29, 1.82) is 0 Å². The molecule has 11 rings (SSSR count). The molecule has 0 atom stereocenters. The van der Waals surface area contributed by atoms with Crippen molar-refractivity contribution < 1.29 is 0 Å². The topological polar surface area (TPSA) is 25.8 Å². The van der Waals surface area contributed by atoms with Crippen LogP contribution >= 0.6 is 0 Å². The van der Waals surface area contributed by atoms with Crippen LogP contribution in [0.5, 0.6) is 0 Å². The van der Waals surface area contributed by atoms with E-state index in [2.05, 4.69) is 194 Å². The van der Waals surface area contributed by atoms with Gasteiger partial charge in [0.05, 0.1) is 11.4 Å². The van der Waals surface area contributed by atoms with Gasteiger partial charge < -0.3 is 0 Å². The number of rotatable bonds is 6. The van der Waals surface area contributed by atoms with Gasteiger partial charge in [0.25, 0.3) is 0 Å². The van der Waals surface area contributed by atoms with E-state index >= 15 is 0 Å². The van der Waals surface area contributed by atoms with E-state index in [1.807, 2.05) is 12.1 Å². The molecule has 0 unspecified atom stereocenters. The minimum Gasteiger partial charge on any atom is -0.228 e. The maximum atomic E-state index is 5.07. The van der Waals surface area contributed by atoms with E-state index in [1.54, 1.807) is 0 Å². The molecule has 0 amide bonds. The third-order valence-electron chi connectivity index (χ3n) is 11.2. The van der Waals surface area contributed by atoms with E-state index in [-0.39, 0.29) is 0 Å². The quantitative estimate of drug-likeness (QED) is 0.172. The molecule has 10 aromatic rings. The van der Waals surface area contributed by atoms with Gasteiger partial charge >= 0.3 is 0 Å². The fourth-order valence-electron chi connectivity index (χ4n) is 8.42. The summed E-state index contributed by atoms with van der Waals surface area (Å²) in [5.41, 5.74) is 17.4. The first-order valence-corrected chi connectivity index (χ1v) is 19.1. The number of fused-ring (bicyclic) bond motifs is 4. The third kappa shape index (κ3) is 5.51. The van der Waals surface area contributed by atoms with Gasteiger partial charge in [-0.15, -0.1) is 0 Å². The molecule has 2 nitrogen and oxygen atoms in total. The van der Waals surface area contributed by atoms with Crippen molar-refractivity contribution in [3.05, 3.63) is 206 Å². The lowest BCUT2D eigenvalue weighted by atomic mass is 9.90. The molecule has 9 aromatic carbocycles. The average Bonchev–Trinajstić information content (AvgIpc) is 3.60. The van der Waals surface area contributed by atoms with Crippen LogP contribution in [-0.2, 0) is 0 Å². The molecule has 1 heterocycles. The van der Waals surface area contributed by atoms with Crippen molar-refractivity contribution in [3.63, 3.8) is 0 Å². The van der Waals surface area contributed by atoms with Crippen LogP contribution in [0.15, 0.2) is 206 Å². The number of hydrogen-bond acceptors (Lipinski definition) is 2. The Bertz CT molecular complexity index is 3030. The van der Waals surface area contributed by atoms with Crippen molar-refractivity contribution in [2.75, 3.05) is 0 Å². The van der Waals surface area contributed by atoms with Crippen LogP contribution in [0.1, 0.15) is 0 Å². The van der Waals surface area contributed by atoms with E-state index in [1.165, 1.54) is 71.6 Å². The van der Waals surface area contributed by atoms with Crippen molar-refractivity contribution in [3.8, 4) is 89.5 Å². The van der Waals surface area contributed by atoms with Gasteiger partial charge in [0, 0.05) is 16.7 Å². The van der Waals surface area contributed by atoms with Gasteiger partial charge in [-0.25, -0.2) is 9.97 Å². The predicted octanol–water partition coefficient (Wildman–Crippen LogP) is 14.4. The molecule has 0 saturated heterocycles. The zero-order valence-corrected chi connectivity index (χ0v) is 30.5. The zero-order valence-electron chi connectivity index (χ0n) is 30.5. The standard InChI is InChI=1S/C54H34N2/c1-3-11-38(12-4-1)51-34-52(39-13-5-2-6-14-39)56-54(55-51)41-27-25-37(26-28-41)49-32-43-16-8-7-15-42(43)31-48(49)36-23-21-35(22-24-36)44-29-30-45-46-19-9-17-40-18-10-20-47(53(40)46)50(45)33-44/h1-34H. The van der Waals surface area contributed by atoms with Crippen LogP contribution in [0.3, 0.4) is 0 Å². The van der Waals surface area contributed by atoms with E-state index in [0.717, 1.165) is 33.6 Å². The summed E-state index contributed by atoms with van der Waals surface area (Å²) < 4.78 is 0. The number of nitrogens with zero attached hydrogens (tertiary/aromatic N) is 2. The first-order valence-electron chi connectivity index (χ1n) is 19.1. The van der Waals surface area contributed by atoms with Crippen molar-refractivity contribution in [1.82, 2.24) is 9.97 Å². The highest BCUT2D eigenvalue weighted by molar-refractivity contribution is 6.15. The summed E-state index contributed by atoms with van der Waals surface area (Å²) in [7, 11) is 0. The molecule has 1 aliphatic rings. The highest BCUT2D eigenvalue weighted by Crippen LogP contribution is 2.48. The molecule has 260 valence electrons. The lowest BCUT2D eigenvalue weighted by Crippen LogP contribution is -1.96. The Morgan fingerprint density at radius 1 is 0.232 bits per heavy atom. The monoisotopic (exact) mass is 710 g/mol. The van der Waals surface area contributed by atoms with E-state index in [9.17, 15) is 0 Å². The van der Waals surface area contributed by atoms with E-state index < -0.39 is 0 Å². The third-order valence-corrected chi connectivity index (χ3v) is 11.2. The van der Waals surface area contributed by atoms with Crippen molar-refractivity contribution >= 4 is 21.5 Å². The van der Waals surface area contributed by atoms with Gasteiger partial charge in [-0.05, 0) is 101 Å². The van der Waals surface area contributed by atoms with Gasteiger partial charge in [-0.1, -0.05) is 182 Å². The Balaban J connectivity index is 0.965. The molecule has 2 heteroatoms. The lowest BCUT2D eigenvalue weighted by Gasteiger charge is -2.14. The highest BCUT2D eigenvalue weighted by Gasteiger charge is 2.21. The molecule has 0 saturated carbocycles. The Kier molecular flexibility index (Phi) is 7.53. The van der Waals surface area contributed by atoms with Gasteiger partial charge in [-0.3, -0.25) is 0 Å². The molecule has 1 aliphatic carbocycles. The summed E-state index contributed by atoms with van der Waals surface area (Å²) in [5, 5.41) is 5.09. The molecule has 0 aliphatic heterocycles. The molecular weight excluding hydrogens is 677 g/mol. The second-order valence-electron chi connectivity index (χ2n) is 14.6. The molecule has 56 heavy (non-hydrogen) atoms. The van der Waals surface area contributed by atoms with Crippen LogP contribution in [0.25, 0.3) is 111 Å². The Labute approximate surface area is 326 Å². The minimum absolute atomic E-state index is 0.707. The van der Waals surface area contributed by atoms with E-state index in [0.29, 0.717) is 5.82 Å². The van der Waals surface area contributed by atoms with Crippen LogP contribution in [0, 0.1) is 0 Å². The fraction of sp³-hybridized carbons (Fsp3) is 0. The smallest absolute Gasteiger partial charge is 0.160 e. The molecule has 0 spiro atoms. The van der Waals surface area contributed by atoms with Crippen LogP contribution in [0.2, 0.25) is 0 Å². The second kappa shape index (κ2) is 13.2. The highest BCUT2D eigenvalue weighted by atomic mass is 14.9. The molecular formula is C54H34N2. The molecule has 0 N–H and O–H groups in total. The largest absolute Gasteiger partial charge is 0.228 e. The molecule has 0 radical (unpaired) electrons. The summed E-state index contributed by atoms with van der Waals surface area (Å²) in [5.74, 6) is 0.707. The molecule has 0 fully saturated rings. The predicted molar refractivity (Wildman–Crippen MR) is 234 cm³/mol. The maximum Gasteiger partial charge on any atom is 0.160 e.